The Kier molecular flexibility index (Phi) is 11.2. The number of likely N-dealkylation sites (N-methyl/N-ethyl adjacent to an activating group) is 1. The Labute approximate surface area is 167 Å². The molecule has 0 fully saturated rings. The van der Waals surface area contributed by atoms with E-state index >= 15 is 0 Å². The van der Waals surface area contributed by atoms with E-state index in [1.165, 1.54) is 0 Å². The molecule has 0 amide bonds. The first-order valence-electron chi connectivity index (χ1n) is 5.30. The number of guanidine groups is 1. The summed E-state index contributed by atoms with van der Waals surface area (Å²) in [5.41, 5.74) is 4.97. The number of carbonyl (C=O) groups excluding carboxylic acids is 1. The van der Waals surface area contributed by atoms with Gasteiger partial charge in [-0.2, -0.15) is 12.9 Å². The van der Waals surface area contributed by atoms with Crippen LogP contribution in [0.3, 0.4) is 0 Å². The number of nitrogens with zero attached hydrogens (tertiary/aromatic N) is 1. The van der Waals surface area contributed by atoms with Crippen molar-refractivity contribution in [3.05, 3.63) is 0 Å². The molecule has 8 N–H and O–H groups in total. The minimum absolute atomic E-state index is 0. The molecule has 0 rings (SSSR count). The number of hydrogen-bond donors (Lipinski definition) is 7. The molecule has 0 saturated heterocycles. The number of carbonyl (C=O) groups is 1. The van der Waals surface area contributed by atoms with Crippen LogP contribution in [0.2, 0.25) is 0 Å². The van der Waals surface area contributed by atoms with Gasteiger partial charge in [-0.1, -0.05) is 0 Å². The van der Waals surface area contributed by atoms with E-state index in [1.807, 2.05) is 0 Å². The van der Waals surface area contributed by atoms with Crippen LogP contribution >= 0.6 is 31.3 Å². The van der Waals surface area contributed by atoms with Crippen LogP contribution in [0.15, 0.2) is 0 Å². The van der Waals surface area contributed by atoms with Crippen molar-refractivity contribution in [3.8, 4) is 0 Å². The van der Waals surface area contributed by atoms with Gasteiger partial charge in [-0.15, -0.1) is 0 Å². The Balaban J connectivity index is 0. The van der Waals surface area contributed by atoms with Crippen LogP contribution < -0.4 is 5.73 Å². The molecule has 26 heavy (non-hydrogen) atoms. The second kappa shape index (κ2) is 10.2. The number of nitrogens with two attached hydrogens (primary N) is 1. The van der Waals surface area contributed by atoms with Gasteiger partial charge < -0.3 is 34.7 Å². The summed E-state index contributed by atoms with van der Waals surface area (Å²) in [6.45, 7) is -0.861. The van der Waals surface area contributed by atoms with Crippen LogP contribution in [0.5, 0.6) is 0 Å². The van der Waals surface area contributed by atoms with E-state index < -0.39 is 49.8 Å². The van der Waals surface area contributed by atoms with E-state index in [4.69, 9.17) is 35.6 Å². The van der Waals surface area contributed by atoms with Crippen LogP contribution in [0.4, 0.5) is 0 Å². The Morgan fingerprint density at radius 3 is 1.73 bits per heavy atom. The van der Waals surface area contributed by atoms with Crippen LogP contribution in [0, 0.1) is 5.41 Å². The van der Waals surface area contributed by atoms with Gasteiger partial charge in [0, 0.05) is 7.05 Å². The fourth-order valence-electron chi connectivity index (χ4n) is 0.878. The maximum atomic E-state index is 11.4. The molecule has 0 aromatic rings. The summed E-state index contributed by atoms with van der Waals surface area (Å²) in [5, 5.41) is 6.93. The normalized spacial score (nSPS) is 18.4. The average molecular weight is 475 g/mol. The summed E-state index contributed by atoms with van der Waals surface area (Å²) < 4.78 is 57.8. The van der Waals surface area contributed by atoms with Gasteiger partial charge in [0.15, 0.2) is 5.96 Å². The molecular formula is C4H14N3NaO14P4. The first-order valence-corrected chi connectivity index (χ1v) is 11.3. The van der Waals surface area contributed by atoms with Crippen molar-refractivity contribution in [2.45, 2.75) is 0 Å². The molecule has 0 spiro atoms. The molecule has 22 heteroatoms. The van der Waals surface area contributed by atoms with E-state index in [0.717, 1.165) is 11.9 Å². The minimum atomic E-state index is -5.98. The number of hydrogen-bond acceptors (Lipinski definition) is 10. The second-order valence-electron chi connectivity index (χ2n) is 3.85. The Hall–Kier alpha value is 0.340. The standard InChI is InChI=1S/C4H13N3O14P4.Na.H/c1-7(4(5)6)2-3(8)18-23(12,13)20-25(16,17)21-24(14,15)19-22(9,10)11;;/h2H2,1H3,(H3,5,6)(H,12,13)(H,14,15)(H,16,17)(H2,9,10,11);;. The third-order valence-corrected chi connectivity index (χ3v) is 7.03. The predicted molar refractivity (Wildman–Crippen MR) is 82.6 cm³/mol. The van der Waals surface area contributed by atoms with Crippen molar-refractivity contribution in [3.63, 3.8) is 0 Å². The van der Waals surface area contributed by atoms with Gasteiger partial charge in [-0.25, -0.2) is 23.1 Å². The molecule has 150 valence electrons. The van der Waals surface area contributed by atoms with Gasteiger partial charge in [0.2, 0.25) is 0 Å². The SMILES string of the molecule is CN(CC(=O)OP(=O)(O)OP(=O)(O)OP(=O)(O)OP(=O)(O)O)C(=N)N.[NaH]. The van der Waals surface area contributed by atoms with Gasteiger partial charge in [0.25, 0.3) is 0 Å². The fourth-order valence-corrected chi connectivity index (χ4v) is 5.26. The summed E-state index contributed by atoms with van der Waals surface area (Å²) in [6, 6.07) is 0. The van der Waals surface area contributed by atoms with Crippen LogP contribution in [-0.4, -0.2) is 84.4 Å². The average Bonchev–Trinajstić information content (AvgIpc) is 2.18. The van der Waals surface area contributed by atoms with Gasteiger partial charge in [0.1, 0.15) is 6.54 Å². The number of phosphoric ester groups is 1. The Morgan fingerprint density at radius 1 is 0.962 bits per heavy atom. The molecule has 17 nitrogen and oxygen atoms in total. The van der Waals surface area contributed by atoms with Crippen molar-refractivity contribution in [1.29, 1.82) is 5.41 Å². The fraction of sp³-hybridized carbons (Fsp3) is 0.500. The van der Waals surface area contributed by atoms with Crippen LogP contribution in [0.1, 0.15) is 0 Å². The zero-order valence-electron chi connectivity index (χ0n) is 11.9. The van der Waals surface area contributed by atoms with E-state index in [2.05, 4.69) is 17.5 Å². The van der Waals surface area contributed by atoms with Crippen LogP contribution in [0.25, 0.3) is 0 Å². The van der Waals surface area contributed by atoms with E-state index in [-0.39, 0.29) is 29.6 Å². The zero-order valence-corrected chi connectivity index (χ0v) is 15.5. The summed E-state index contributed by atoms with van der Waals surface area (Å²) >= 11 is 0. The molecule has 0 saturated carbocycles. The third kappa shape index (κ3) is 13.5. The summed E-state index contributed by atoms with van der Waals surface area (Å²) in [7, 11) is -22.2. The first-order chi connectivity index (χ1) is 10.8. The molecule has 0 aliphatic carbocycles. The second-order valence-corrected chi connectivity index (χ2v) is 9.78. The number of phosphoric acid groups is 4. The molecule has 3 atom stereocenters. The molecule has 0 aromatic heterocycles. The molecule has 0 bridgehead atoms. The van der Waals surface area contributed by atoms with Gasteiger partial charge in [-0.3, -0.25) is 10.3 Å². The maximum absolute atomic E-state index is 11.4. The van der Waals surface area contributed by atoms with Gasteiger partial charge in [-0.05, 0) is 0 Å². The molecule has 3 unspecified atom stereocenters. The molecule has 0 heterocycles. The first kappa shape index (κ1) is 28.5. The van der Waals surface area contributed by atoms with E-state index in [0.29, 0.717) is 0 Å². The molecular weight excluding hydrogens is 461 g/mol. The van der Waals surface area contributed by atoms with Gasteiger partial charge in [0.05, 0.1) is 0 Å². The topological polar surface area (TPSA) is 277 Å². The van der Waals surface area contributed by atoms with E-state index in [9.17, 15) is 23.1 Å². The number of rotatable bonds is 9. The molecule has 0 aromatic carbocycles. The quantitative estimate of drug-likeness (QED) is 0.0834. The van der Waals surface area contributed by atoms with Gasteiger partial charge >= 0.3 is 66.8 Å². The molecule has 0 aliphatic rings. The number of nitrogens with one attached hydrogen (secondary N) is 1. The molecule has 0 radical (unpaired) electrons. The van der Waals surface area contributed by atoms with Crippen molar-refractivity contribution >= 4 is 72.8 Å². The Bertz CT molecular complexity index is 719. The zero-order chi connectivity index (χ0) is 20.3. The van der Waals surface area contributed by atoms with Crippen molar-refractivity contribution < 1.29 is 65.0 Å². The summed E-state index contributed by atoms with van der Waals surface area (Å²) in [6.07, 6.45) is 0. The summed E-state index contributed by atoms with van der Waals surface area (Å²) in [4.78, 5) is 55.5. The van der Waals surface area contributed by atoms with Crippen molar-refractivity contribution in [2.75, 3.05) is 13.6 Å². The summed E-state index contributed by atoms with van der Waals surface area (Å²) in [5.74, 6) is -2.21. The van der Waals surface area contributed by atoms with Crippen molar-refractivity contribution in [2.24, 2.45) is 5.73 Å². The third-order valence-electron chi connectivity index (χ3n) is 1.62. The predicted octanol–water partition coefficient (Wildman–Crippen LogP) is -1.85. The van der Waals surface area contributed by atoms with E-state index in [1.54, 1.807) is 0 Å². The van der Waals surface area contributed by atoms with Crippen molar-refractivity contribution in [1.82, 2.24) is 4.90 Å². The van der Waals surface area contributed by atoms with Crippen LogP contribution in [-0.2, 0) is 40.5 Å². The Morgan fingerprint density at radius 2 is 1.35 bits per heavy atom. The monoisotopic (exact) mass is 475 g/mol. The molecule has 0 aliphatic heterocycles.